The topological polar surface area (TPSA) is 34.9 Å². The van der Waals surface area contributed by atoms with E-state index in [1.807, 2.05) is 24.3 Å². The summed E-state index contributed by atoms with van der Waals surface area (Å²) in [7, 11) is 0. The molecule has 0 amide bonds. The molecule has 0 radical (unpaired) electrons. The second kappa shape index (κ2) is 6.55. The lowest BCUT2D eigenvalue weighted by Crippen LogP contribution is -2.03. The summed E-state index contributed by atoms with van der Waals surface area (Å²) in [5.74, 6) is 0.431. The summed E-state index contributed by atoms with van der Waals surface area (Å²) in [5, 5.41) is 4.90. The van der Waals surface area contributed by atoms with Crippen molar-refractivity contribution >= 4 is 33.8 Å². The molecule has 20 heavy (non-hydrogen) atoms. The van der Waals surface area contributed by atoms with Gasteiger partial charge in [0.1, 0.15) is 5.15 Å². The minimum Gasteiger partial charge on any atom is -0.298 e. The molecule has 106 valence electrons. The Morgan fingerprint density at radius 1 is 1.35 bits per heavy atom. The van der Waals surface area contributed by atoms with Crippen molar-refractivity contribution in [2.24, 2.45) is 5.92 Å². The Labute approximate surface area is 132 Å². The molecule has 0 unspecified atom stereocenters. The molecule has 0 aliphatic rings. The number of rotatable bonds is 5. The van der Waals surface area contributed by atoms with Gasteiger partial charge in [-0.3, -0.25) is 4.79 Å². The first-order valence-corrected chi connectivity index (χ1v) is 7.63. The van der Waals surface area contributed by atoms with Gasteiger partial charge < -0.3 is 0 Å². The summed E-state index contributed by atoms with van der Waals surface area (Å²) >= 11 is 9.66. The quantitative estimate of drug-likeness (QED) is 0.747. The van der Waals surface area contributed by atoms with Crippen LogP contribution in [-0.2, 0) is 13.0 Å². The van der Waals surface area contributed by atoms with E-state index < -0.39 is 0 Å². The molecule has 0 saturated heterocycles. The third-order valence-electron chi connectivity index (χ3n) is 2.97. The first-order valence-electron chi connectivity index (χ1n) is 6.46. The molecule has 2 rings (SSSR count). The van der Waals surface area contributed by atoms with Crippen LogP contribution in [0.5, 0.6) is 0 Å². The summed E-state index contributed by atoms with van der Waals surface area (Å²) in [5.41, 5.74) is 2.38. The Balaban J connectivity index is 2.30. The molecule has 0 spiro atoms. The minimum absolute atomic E-state index is 0.415. The number of aldehydes is 1. The van der Waals surface area contributed by atoms with Gasteiger partial charge in [-0.25, -0.2) is 4.68 Å². The van der Waals surface area contributed by atoms with Crippen molar-refractivity contribution in [3.05, 3.63) is 50.7 Å². The molecule has 1 aromatic heterocycles. The van der Waals surface area contributed by atoms with E-state index >= 15 is 0 Å². The van der Waals surface area contributed by atoms with E-state index in [1.165, 1.54) is 0 Å². The second-order valence-electron chi connectivity index (χ2n) is 5.15. The Kier molecular flexibility index (Phi) is 5.00. The Hall–Kier alpha value is -1.13. The molecule has 0 aliphatic carbocycles. The van der Waals surface area contributed by atoms with Gasteiger partial charge in [0.15, 0.2) is 6.29 Å². The number of carbonyl (C=O) groups is 1. The fraction of sp³-hybridized carbons (Fsp3) is 0.333. The molecular formula is C15H16BrClN2O. The lowest BCUT2D eigenvalue weighted by molar-refractivity contribution is 0.112. The fourth-order valence-electron chi connectivity index (χ4n) is 2.02. The first kappa shape index (κ1) is 15.3. The number of benzene rings is 1. The lowest BCUT2D eigenvalue weighted by atomic mass is 10.1. The summed E-state index contributed by atoms with van der Waals surface area (Å²) in [4.78, 5) is 11.2. The number of aromatic nitrogens is 2. The summed E-state index contributed by atoms with van der Waals surface area (Å²) in [6.45, 7) is 4.75. The summed E-state index contributed by atoms with van der Waals surface area (Å²) < 4.78 is 2.72. The normalized spacial score (nSPS) is 11.1. The predicted octanol–water partition coefficient (Wildman–Crippen LogP) is 4.36. The average molecular weight is 356 g/mol. The van der Waals surface area contributed by atoms with Gasteiger partial charge in [0.25, 0.3) is 0 Å². The van der Waals surface area contributed by atoms with Crippen LogP contribution in [0, 0.1) is 5.92 Å². The molecule has 2 aromatic rings. The smallest absolute Gasteiger partial charge is 0.155 e. The largest absolute Gasteiger partial charge is 0.298 e. The van der Waals surface area contributed by atoms with E-state index in [0.717, 1.165) is 28.4 Å². The lowest BCUT2D eigenvalue weighted by Gasteiger charge is -2.04. The molecule has 0 bridgehead atoms. The maximum Gasteiger partial charge on any atom is 0.155 e. The van der Waals surface area contributed by atoms with Crippen molar-refractivity contribution in [1.29, 1.82) is 0 Å². The number of hydrogen-bond acceptors (Lipinski definition) is 2. The zero-order chi connectivity index (χ0) is 14.7. The highest BCUT2D eigenvalue weighted by Crippen LogP contribution is 2.22. The van der Waals surface area contributed by atoms with Gasteiger partial charge in [-0.2, -0.15) is 5.10 Å². The van der Waals surface area contributed by atoms with Gasteiger partial charge >= 0.3 is 0 Å². The van der Waals surface area contributed by atoms with Crippen molar-refractivity contribution < 1.29 is 4.79 Å². The van der Waals surface area contributed by atoms with Gasteiger partial charge in [-0.1, -0.05) is 53.5 Å². The molecule has 0 N–H and O–H groups in total. The van der Waals surface area contributed by atoms with Crippen LogP contribution in [0.15, 0.2) is 28.7 Å². The molecule has 0 saturated carbocycles. The molecule has 5 heteroatoms. The minimum atomic E-state index is 0.415. The molecule has 3 nitrogen and oxygen atoms in total. The highest BCUT2D eigenvalue weighted by molar-refractivity contribution is 9.10. The van der Waals surface area contributed by atoms with E-state index in [-0.39, 0.29) is 0 Å². The number of halogens is 2. The number of carbonyl (C=O) groups excluding carboxylic acids is 1. The molecule has 0 atom stereocenters. The predicted molar refractivity (Wildman–Crippen MR) is 84.4 cm³/mol. The third kappa shape index (κ3) is 3.49. The number of hydrogen-bond donors (Lipinski definition) is 0. The first-order chi connectivity index (χ1) is 9.51. The summed E-state index contributed by atoms with van der Waals surface area (Å²) in [6, 6.07) is 7.96. The van der Waals surface area contributed by atoms with Crippen LogP contribution in [0.25, 0.3) is 0 Å². The van der Waals surface area contributed by atoms with Gasteiger partial charge in [0, 0.05) is 4.47 Å². The average Bonchev–Trinajstić information content (AvgIpc) is 2.67. The van der Waals surface area contributed by atoms with Crippen LogP contribution in [0.4, 0.5) is 0 Å². The second-order valence-corrected chi connectivity index (χ2v) is 6.42. The van der Waals surface area contributed by atoms with Crippen LogP contribution < -0.4 is 0 Å². The number of nitrogens with zero attached hydrogens (tertiary/aromatic N) is 2. The van der Waals surface area contributed by atoms with E-state index in [1.54, 1.807) is 4.68 Å². The van der Waals surface area contributed by atoms with Gasteiger partial charge in [0.05, 0.1) is 17.8 Å². The molecule has 0 fully saturated rings. The highest BCUT2D eigenvalue weighted by Gasteiger charge is 2.16. The van der Waals surface area contributed by atoms with E-state index in [0.29, 0.717) is 23.2 Å². The van der Waals surface area contributed by atoms with Crippen LogP contribution in [-0.4, -0.2) is 16.1 Å². The fourth-order valence-corrected chi connectivity index (χ4v) is 2.54. The van der Waals surface area contributed by atoms with E-state index in [4.69, 9.17) is 11.6 Å². The third-order valence-corrected chi connectivity index (χ3v) is 3.89. The van der Waals surface area contributed by atoms with E-state index in [2.05, 4.69) is 34.9 Å². The molecular weight excluding hydrogens is 340 g/mol. The van der Waals surface area contributed by atoms with Gasteiger partial charge in [-0.15, -0.1) is 0 Å². The van der Waals surface area contributed by atoms with Crippen molar-refractivity contribution in [2.45, 2.75) is 26.8 Å². The van der Waals surface area contributed by atoms with Gasteiger partial charge in [0.2, 0.25) is 0 Å². The SMILES string of the molecule is CC(C)Cc1nn(Cc2ccc(Br)cc2)c(Cl)c1C=O. The monoisotopic (exact) mass is 354 g/mol. The van der Waals surface area contributed by atoms with Crippen molar-refractivity contribution in [2.75, 3.05) is 0 Å². The van der Waals surface area contributed by atoms with Crippen LogP contribution >= 0.6 is 27.5 Å². The summed E-state index contributed by atoms with van der Waals surface area (Å²) in [6.07, 6.45) is 1.55. The standard InChI is InChI=1S/C15H16BrClN2O/c1-10(2)7-14-13(9-20)15(17)19(18-14)8-11-3-5-12(16)6-4-11/h3-6,9-10H,7-8H2,1-2H3. The van der Waals surface area contributed by atoms with Crippen LogP contribution in [0.1, 0.15) is 35.5 Å². The zero-order valence-electron chi connectivity index (χ0n) is 11.4. The molecule has 1 aromatic carbocycles. The Morgan fingerprint density at radius 3 is 2.55 bits per heavy atom. The van der Waals surface area contributed by atoms with E-state index in [9.17, 15) is 4.79 Å². The maximum atomic E-state index is 11.2. The van der Waals surface area contributed by atoms with Crippen LogP contribution in [0.3, 0.4) is 0 Å². The van der Waals surface area contributed by atoms with Crippen molar-refractivity contribution in [1.82, 2.24) is 9.78 Å². The van der Waals surface area contributed by atoms with Crippen LogP contribution in [0.2, 0.25) is 5.15 Å². The van der Waals surface area contributed by atoms with Crippen molar-refractivity contribution in [3.8, 4) is 0 Å². The van der Waals surface area contributed by atoms with Crippen molar-refractivity contribution in [3.63, 3.8) is 0 Å². The van der Waals surface area contributed by atoms with Gasteiger partial charge in [-0.05, 0) is 30.0 Å². The Morgan fingerprint density at radius 2 is 2.00 bits per heavy atom. The maximum absolute atomic E-state index is 11.2. The Bertz CT molecular complexity index is 605. The molecule has 1 heterocycles. The molecule has 0 aliphatic heterocycles. The highest BCUT2D eigenvalue weighted by atomic mass is 79.9. The zero-order valence-corrected chi connectivity index (χ0v) is 13.8.